The van der Waals surface area contributed by atoms with Crippen LogP contribution in [0.3, 0.4) is 0 Å². The number of quaternary nitrogens is 1. The van der Waals surface area contributed by atoms with Crippen molar-refractivity contribution in [1.82, 2.24) is 0 Å². The molecule has 0 aliphatic rings. The lowest BCUT2D eigenvalue weighted by Gasteiger charge is -2.11. The van der Waals surface area contributed by atoms with E-state index in [0.717, 1.165) is 24.5 Å². The van der Waals surface area contributed by atoms with Gasteiger partial charge in [0.15, 0.2) is 5.78 Å². The summed E-state index contributed by atoms with van der Waals surface area (Å²) in [6.45, 7) is 2.97. The largest absolute Gasteiger partial charge is 1.00 e. The van der Waals surface area contributed by atoms with Gasteiger partial charge in [-0.3, -0.25) is 4.79 Å². The van der Waals surface area contributed by atoms with Crippen LogP contribution in [0.25, 0.3) is 0 Å². The Labute approximate surface area is 155 Å². The molecule has 0 aliphatic carbocycles. The van der Waals surface area contributed by atoms with Crippen LogP contribution in [0.2, 0.25) is 0 Å². The predicted octanol–water partition coefficient (Wildman–Crippen LogP) is -0.525. The molecule has 0 saturated carbocycles. The molecule has 2 N–H and O–H groups in total. The molecular weight excluding hydrogens is 338 g/mol. The molecule has 0 spiro atoms. The van der Waals surface area contributed by atoms with E-state index in [4.69, 9.17) is 9.47 Å². The number of halogens is 1. The number of nitrogens with two attached hydrogens (primary N) is 1. The molecule has 0 aromatic heterocycles. The van der Waals surface area contributed by atoms with Gasteiger partial charge in [-0.05, 0) is 36.8 Å². The summed E-state index contributed by atoms with van der Waals surface area (Å²) in [5, 5.41) is 2.22. The maximum Gasteiger partial charge on any atom is 0.168 e. The first-order valence-corrected chi connectivity index (χ1v) is 8.26. The number of carbonyl (C=O) groups excluding carboxylic acids is 1. The lowest BCUT2D eigenvalue weighted by molar-refractivity contribution is -0.684. The number of hydrogen-bond donors (Lipinski definition) is 1. The SMILES string of the molecule is COc1ccc(CC(C)[NH2+]CCC(=O)c2cccc(OC)c2)cc1.[Cl-]. The van der Waals surface area contributed by atoms with Crippen LogP contribution >= 0.6 is 0 Å². The van der Waals surface area contributed by atoms with Crippen LogP contribution in [-0.4, -0.2) is 32.6 Å². The van der Waals surface area contributed by atoms with Gasteiger partial charge in [-0.2, -0.15) is 0 Å². The van der Waals surface area contributed by atoms with Gasteiger partial charge in [0.05, 0.1) is 33.2 Å². The van der Waals surface area contributed by atoms with E-state index in [0.29, 0.717) is 18.0 Å². The summed E-state index contributed by atoms with van der Waals surface area (Å²) in [5.41, 5.74) is 1.99. The van der Waals surface area contributed by atoms with E-state index >= 15 is 0 Å². The minimum absolute atomic E-state index is 0. The van der Waals surface area contributed by atoms with Crippen molar-refractivity contribution in [2.24, 2.45) is 0 Å². The van der Waals surface area contributed by atoms with Gasteiger partial charge in [0.2, 0.25) is 0 Å². The third-order valence-electron chi connectivity index (χ3n) is 4.05. The van der Waals surface area contributed by atoms with Crippen molar-refractivity contribution in [3.8, 4) is 11.5 Å². The highest BCUT2D eigenvalue weighted by atomic mass is 35.5. The summed E-state index contributed by atoms with van der Waals surface area (Å²) in [6, 6.07) is 15.9. The van der Waals surface area contributed by atoms with Crippen molar-refractivity contribution in [2.75, 3.05) is 20.8 Å². The molecular formula is C20H26ClNO3. The molecule has 2 rings (SSSR count). The van der Waals surface area contributed by atoms with Gasteiger partial charge in [0, 0.05) is 12.0 Å². The molecule has 2 aromatic carbocycles. The zero-order valence-electron chi connectivity index (χ0n) is 15.0. The molecule has 5 heteroatoms. The zero-order chi connectivity index (χ0) is 17.4. The number of carbonyl (C=O) groups is 1. The Balaban J connectivity index is 0.00000312. The molecule has 0 bridgehead atoms. The monoisotopic (exact) mass is 363 g/mol. The summed E-state index contributed by atoms with van der Waals surface area (Å²) in [6.07, 6.45) is 1.50. The van der Waals surface area contributed by atoms with Crippen LogP contribution in [0.1, 0.15) is 29.3 Å². The Kier molecular flexibility index (Phi) is 9.03. The molecule has 0 saturated heterocycles. The standard InChI is InChI=1S/C20H25NO3.ClH/c1-15(13-16-7-9-18(23-2)10-8-16)21-12-11-20(22)17-5-4-6-19(14-17)24-3;/h4-10,14-15,21H,11-13H2,1-3H3;1H. The molecule has 0 fully saturated rings. The highest BCUT2D eigenvalue weighted by molar-refractivity contribution is 5.96. The first-order chi connectivity index (χ1) is 11.6. The molecule has 4 nitrogen and oxygen atoms in total. The highest BCUT2D eigenvalue weighted by Gasteiger charge is 2.11. The van der Waals surface area contributed by atoms with Gasteiger partial charge in [-0.15, -0.1) is 0 Å². The van der Waals surface area contributed by atoms with Crippen LogP contribution in [0.15, 0.2) is 48.5 Å². The lowest BCUT2D eigenvalue weighted by atomic mass is 10.1. The van der Waals surface area contributed by atoms with Crippen LogP contribution in [0.4, 0.5) is 0 Å². The van der Waals surface area contributed by atoms with Crippen molar-refractivity contribution < 1.29 is 32.0 Å². The second kappa shape index (κ2) is 10.7. The molecule has 136 valence electrons. The van der Waals surface area contributed by atoms with Gasteiger partial charge in [-0.1, -0.05) is 24.3 Å². The van der Waals surface area contributed by atoms with Crippen molar-refractivity contribution in [2.45, 2.75) is 25.8 Å². The summed E-state index contributed by atoms with van der Waals surface area (Å²) >= 11 is 0. The van der Waals surface area contributed by atoms with E-state index in [2.05, 4.69) is 24.4 Å². The van der Waals surface area contributed by atoms with Gasteiger partial charge in [0.25, 0.3) is 0 Å². The summed E-state index contributed by atoms with van der Waals surface area (Å²) in [7, 11) is 3.28. The van der Waals surface area contributed by atoms with Crippen LogP contribution in [0, 0.1) is 0 Å². The number of rotatable bonds is 9. The Bertz CT molecular complexity index is 658. The number of methoxy groups -OCH3 is 2. The second-order valence-corrected chi connectivity index (χ2v) is 5.96. The molecule has 0 aliphatic heterocycles. The normalized spacial score (nSPS) is 11.3. The Hall–Kier alpha value is -2.04. The molecule has 1 unspecified atom stereocenters. The third-order valence-corrected chi connectivity index (χ3v) is 4.05. The van der Waals surface area contributed by atoms with E-state index in [9.17, 15) is 4.79 Å². The summed E-state index contributed by atoms with van der Waals surface area (Å²) in [5.74, 6) is 1.75. The van der Waals surface area contributed by atoms with E-state index in [1.807, 2.05) is 30.3 Å². The Morgan fingerprint density at radius 3 is 2.36 bits per heavy atom. The Morgan fingerprint density at radius 1 is 1.04 bits per heavy atom. The van der Waals surface area contributed by atoms with Crippen LogP contribution < -0.4 is 27.2 Å². The number of Topliss-reactive ketones (excluding diaryl/α,β-unsaturated/α-hetero) is 1. The molecule has 1 atom stereocenters. The van der Waals surface area contributed by atoms with Crippen molar-refractivity contribution in [3.05, 3.63) is 59.7 Å². The van der Waals surface area contributed by atoms with Gasteiger partial charge in [0.1, 0.15) is 11.5 Å². The van der Waals surface area contributed by atoms with Crippen LogP contribution in [-0.2, 0) is 6.42 Å². The summed E-state index contributed by atoms with van der Waals surface area (Å²) in [4.78, 5) is 12.2. The third kappa shape index (κ3) is 6.77. The number of hydrogen-bond acceptors (Lipinski definition) is 3. The van der Waals surface area contributed by atoms with E-state index < -0.39 is 0 Å². The van der Waals surface area contributed by atoms with Gasteiger partial charge in [-0.25, -0.2) is 0 Å². The topological polar surface area (TPSA) is 52.1 Å². The molecule has 25 heavy (non-hydrogen) atoms. The fraction of sp³-hybridized carbons (Fsp3) is 0.350. The van der Waals surface area contributed by atoms with Crippen molar-refractivity contribution in [3.63, 3.8) is 0 Å². The maximum atomic E-state index is 12.2. The fourth-order valence-electron chi connectivity index (χ4n) is 2.66. The number of ether oxygens (including phenoxy) is 2. The molecule has 2 aromatic rings. The van der Waals surface area contributed by atoms with E-state index in [1.54, 1.807) is 20.3 Å². The number of ketones is 1. The van der Waals surface area contributed by atoms with Crippen LogP contribution in [0.5, 0.6) is 11.5 Å². The highest BCUT2D eigenvalue weighted by Crippen LogP contribution is 2.14. The zero-order valence-corrected chi connectivity index (χ0v) is 15.8. The number of benzene rings is 2. The minimum atomic E-state index is 0. The average molecular weight is 364 g/mol. The fourth-order valence-corrected chi connectivity index (χ4v) is 2.66. The second-order valence-electron chi connectivity index (χ2n) is 5.96. The smallest absolute Gasteiger partial charge is 0.168 e. The predicted molar refractivity (Wildman–Crippen MR) is 94.9 cm³/mol. The van der Waals surface area contributed by atoms with E-state index in [-0.39, 0.29) is 18.2 Å². The van der Waals surface area contributed by atoms with Gasteiger partial charge >= 0.3 is 0 Å². The lowest BCUT2D eigenvalue weighted by Crippen LogP contribution is -3.00. The molecule has 0 radical (unpaired) electrons. The summed E-state index contributed by atoms with van der Waals surface area (Å²) < 4.78 is 10.3. The molecule has 0 amide bonds. The first kappa shape index (κ1) is 21.0. The first-order valence-electron chi connectivity index (χ1n) is 8.26. The van der Waals surface area contributed by atoms with Gasteiger partial charge < -0.3 is 27.2 Å². The van der Waals surface area contributed by atoms with Crippen molar-refractivity contribution >= 4 is 5.78 Å². The maximum absolute atomic E-state index is 12.2. The van der Waals surface area contributed by atoms with E-state index in [1.165, 1.54) is 5.56 Å². The molecule has 0 heterocycles. The quantitative estimate of drug-likeness (QED) is 0.610. The van der Waals surface area contributed by atoms with Crippen molar-refractivity contribution in [1.29, 1.82) is 0 Å². The average Bonchev–Trinajstić information content (AvgIpc) is 2.62. The Morgan fingerprint density at radius 2 is 1.72 bits per heavy atom. The minimum Gasteiger partial charge on any atom is -1.00 e.